The molecule has 0 aliphatic rings. The number of para-hydroxylation sites is 3. The molecule has 5 nitrogen and oxygen atoms in total. The molecule has 0 unspecified atom stereocenters. The third-order valence-corrected chi connectivity index (χ3v) is 4.29. The van der Waals surface area contributed by atoms with Crippen LogP contribution in [0.2, 0.25) is 0 Å². The Balaban J connectivity index is 1.57. The minimum absolute atomic E-state index is 0.0546. The third kappa shape index (κ3) is 4.40. The van der Waals surface area contributed by atoms with Gasteiger partial charge in [0.25, 0.3) is 0 Å². The molecule has 0 saturated carbocycles. The van der Waals surface area contributed by atoms with E-state index in [1.807, 2.05) is 54.6 Å². The van der Waals surface area contributed by atoms with Crippen LogP contribution in [0.3, 0.4) is 0 Å². The van der Waals surface area contributed by atoms with Gasteiger partial charge in [0.15, 0.2) is 0 Å². The molecule has 29 heavy (non-hydrogen) atoms. The predicted octanol–water partition coefficient (Wildman–Crippen LogP) is 4.53. The number of rotatable bonds is 6. The average Bonchev–Trinajstić information content (AvgIpc) is 3.04. The van der Waals surface area contributed by atoms with Gasteiger partial charge in [-0.25, -0.2) is 13.8 Å². The number of hydrogen-bond acceptors (Lipinski definition) is 3. The lowest BCUT2D eigenvalue weighted by atomic mass is 10.3. The van der Waals surface area contributed by atoms with Crippen molar-refractivity contribution in [3.8, 4) is 5.75 Å². The summed E-state index contributed by atoms with van der Waals surface area (Å²) in [5.41, 5.74) is 1.54. The zero-order chi connectivity index (χ0) is 20.2. The fraction of sp³-hybridized carbons (Fsp3) is 0.0909. The molecule has 0 bridgehead atoms. The number of carbonyl (C=O) groups excluding carboxylic acids is 1. The van der Waals surface area contributed by atoms with Crippen LogP contribution in [-0.4, -0.2) is 15.5 Å². The van der Waals surface area contributed by atoms with Crippen molar-refractivity contribution in [3.63, 3.8) is 0 Å². The van der Waals surface area contributed by atoms with Crippen LogP contribution in [-0.2, 0) is 17.9 Å². The van der Waals surface area contributed by atoms with E-state index in [1.165, 1.54) is 0 Å². The van der Waals surface area contributed by atoms with E-state index < -0.39 is 17.5 Å². The standard InChI is InChI=1S/C22H17F2N3O2/c23-15-10-16(24)12-17(11-15)25-22(28)13-27-20-9-5-4-8-19(20)26-21(27)14-29-18-6-2-1-3-7-18/h1-12H,13-14H2,(H,25,28). The second-order valence-electron chi connectivity index (χ2n) is 6.41. The van der Waals surface area contributed by atoms with Gasteiger partial charge in [0.1, 0.15) is 36.4 Å². The van der Waals surface area contributed by atoms with Crippen molar-refractivity contribution < 1.29 is 18.3 Å². The lowest BCUT2D eigenvalue weighted by Gasteiger charge is -2.11. The van der Waals surface area contributed by atoms with Gasteiger partial charge in [0.05, 0.1) is 11.0 Å². The van der Waals surface area contributed by atoms with E-state index >= 15 is 0 Å². The minimum Gasteiger partial charge on any atom is -0.486 e. The van der Waals surface area contributed by atoms with Crippen LogP contribution in [0.1, 0.15) is 5.82 Å². The summed E-state index contributed by atoms with van der Waals surface area (Å²) in [7, 11) is 0. The van der Waals surface area contributed by atoms with Crippen molar-refractivity contribution >= 4 is 22.6 Å². The number of hydrogen-bond donors (Lipinski definition) is 1. The lowest BCUT2D eigenvalue weighted by molar-refractivity contribution is -0.116. The van der Waals surface area contributed by atoms with E-state index in [-0.39, 0.29) is 18.8 Å². The number of halogens is 2. The number of aromatic nitrogens is 2. The number of benzene rings is 3. The molecule has 4 rings (SSSR count). The number of nitrogens with zero attached hydrogens (tertiary/aromatic N) is 2. The van der Waals surface area contributed by atoms with E-state index in [2.05, 4.69) is 10.3 Å². The summed E-state index contributed by atoms with van der Waals surface area (Å²) in [5.74, 6) is -0.698. The first-order chi connectivity index (χ1) is 14.1. The molecule has 3 aromatic carbocycles. The maximum Gasteiger partial charge on any atom is 0.244 e. The van der Waals surface area contributed by atoms with Crippen LogP contribution in [0.25, 0.3) is 11.0 Å². The fourth-order valence-electron chi connectivity index (χ4n) is 3.05. The molecular weight excluding hydrogens is 376 g/mol. The van der Waals surface area contributed by atoms with E-state index in [4.69, 9.17) is 4.74 Å². The van der Waals surface area contributed by atoms with Gasteiger partial charge in [-0.2, -0.15) is 0 Å². The second-order valence-corrected chi connectivity index (χ2v) is 6.41. The number of nitrogens with one attached hydrogen (secondary N) is 1. The van der Waals surface area contributed by atoms with E-state index in [0.29, 0.717) is 11.6 Å². The van der Waals surface area contributed by atoms with Crippen molar-refractivity contribution in [1.82, 2.24) is 9.55 Å². The molecule has 146 valence electrons. The second kappa shape index (κ2) is 8.10. The summed E-state index contributed by atoms with van der Waals surface area (Å²) < 4.78 is 34.2. The molecule has 0 aliphatic heterocycles. The van der Waals surface area contributed by atoms with Crippen LogP contribution in [0.15, 0.2) is 72.8 Å². The number of amides is 1. The molecule has 7 heteroatoms. The first-order valence-electron chi connectivity index (χ1n) is 8.96. The normalized spacial score (nSPS) is 10.8. The highest BCUT2D eigenvalue weighted by atomic mass is 19.1. The molecular formula is C22H17F2N3O2. The maximum atomic E-state index is 13.4. The molecule has 0 spiro atoms. The molecule has 1 N–H and O–H groups in total. The Bertz CT molecular complexity index is 1140. The summed E-state index contributed by atoms with van der Waals surface area (Å²) in [6, 6.07) is 19.6. The Morgan fingerprint density at radius 3 is 2.41 bits per heavy atom. The first-order valence-corrected chi connectivity index (χ1v) is 8.96. The van der Waals surface area contributed by atoms with Gasteiger partial charge in [-0.15, -0.1) is 0 Å². The largest absolute Gasteiger partial charge is 0.486 e. The highest BCUT2D eigenvalue weighted by Crippen LogP contribution is 2.19. The summed E-state index contributed by atoms with van der Waals surface area (Å²) in [5, 5.41) is 2.52. The minimum atomic E-state index is -0.759. The van der Waals surface area contributed by atoms with E-state index in [1.54, 1.807) is 4.57 Å². The SMILES string of the molecule is O=C(Cn1c(COc2ccccc2)nc2ccccc21)Nc1cc(F)cc(F)c1. The summed E-state index contributed by atoms with van der Waals surface area (Å²) in [6.45, 7) is 0.0900. The zero-order valence-corrected chi connectivity index (χ0v) is 15.3. The molecule has 0 radical (unpaired) electrons. The van der Waals surface area contributed by atoms with Gasteiger partial charge >= 0.3 is 0 Å². The van der Waals surface area contributed by atoms with Gasteiger partial charge in [-0.3, -0.25) is 4.79 Å². The number of anilines is 1. The molecule has 1 heterocycles. The molecule has 0 aliphatic carbocycles. The molecule has 0 fully saturated rings. The summed E-state index contributed by atoms with van der Waals surface area (Å²) in [4.78, 5) is 17.1. The Kier molecular flexibility index (Phi) is 5.20. The lowest BCUT2D eigenvalue weighted by Crippen LogP contribution is -2.21. The highest BCUT2D eigenvalue weighted by Gasteiger charge is 2.15. The Labute approximate surface area is 165 Å². The van der Waals surface area contributed by atoms with Crippen molar-refractivity contribution in [1.29, 1.82) is 0 Å². The van der Waals surface area contributed by atoms with Crippen LogP contribution < -0.4 is 10.1 Å². The first kappa shape index (κ1) is 18.6. The van der Waals surface area contributed by atoms with Gasteiger partial charge < -0.3 is 14.6 Å². The van der Waals surface area contributed by atoms with Gasteiger partial charge in [-0.05, 0) is 36.4 Å². The topological polar surface area (TPSA) is 56.2 Å². The van der Waals surface area contributed by atoms with Crippen molar-refractivity contribution in [2.75, 3.05) is 5.32 Å². The third-order valence-electron chi connectivity index (χ3n) is 4.29. The zero-order valence-electron chi connectivity index (χ0n) is 15.3. The molecule has 0 saturated heterocycles. The van der Waals surface area contributed by atoms with Crippen molar-refractivity contribution in [2.24, 2.45) is 0 Å². The quantitative estimate of drug-likeness (QED) is 0.524. The number of fused-ring (bicyclic) bond motifs is 1. The fourth-order valence-corrected chi connectivity index (χ4v) is 3.05. The van der Waals surface area contributed by atoms with Crippen molar-refractivity contribution in [3.05, 3.63) is 90.3 Å². The number of carbonyl (C=O) groups is 1. The highest BCUT2D eigenvalue weighted by molar-refractivity contribution is 5.91. The smallest absolute Gasteiger partial charge is 0.244 e. The molecule has 0 atom stereocenters. The number of ether oxygens (including phenoxy) is 1. The Hall–Kier alpha value is -3.74. The van der Waals surface area contributed by atoms with E-state index in [0.717, 1.165) is 29.2 Å². The van der Waals surface area contributed by atoms with Crippen LogP contribution in [0, 0.1) is 11.6 Å². The summed E-state index contributed by atoms with van der Waals surface area (Å²) in [6.07, 6.45) is 0. The van der Waals surface area contributed by atoms with Crippen LogP contribution in [0.5, 0.6) is 5.75 Å². The molecule has 1 amide bonds. The number of imidazole rings is 1. The Morgan fingerprint density at radius 2 is 1.66 bits per heavy atom. The van der Waals surface area contributed by atoms with Crippen LogP contribution in [0.4, 0.5) is 14.5 Å². The Morgan fingerprint density at radius 1 is 0.966 bits per heavy atom. The molecule has 4 aromatic rings. The average molecular weight is 393 g/mol. The van der Waals surface area contributed by atoms with Gasteiger partial charge in [0, 0.05) is 11.8 Å². The monoisotopic (exact) mass is 393 g/mol. The molecule has 1 aromatic heterocycles. The van der Waals surface area contributed by atoms with E-state index in [9.17, 15) is 13.6 Å². The predicted molar refractivity (Wildman–Crippen MR) is 105 cm³/mol. The maximum absolute atomic E-state index is 13.4. The summed E-state index contributed by atoms with van der Waals surface area (Å²) >= 11 is 0. The van der Waals surface area contributed by atoms with Crippen LogP contribution >= 0.6 is 0 Å². The van der Waals surface area contributed by atoms with Crippen molar-refractivity contribution in [2.45, 2.75) is 13.2 Å². The van der Waals surface area contributed by atoms with Gasteiger partial charge in [0.2, 0.25) is 5.91 Å². The van der Waals surface area contributed by atoms with Gasteiger partial charge in [-0.1, -0.05) is 30.3 Å².